The summed E-state index contributed by atoms with van der Waals surface area (Å²) in [4.78, 5) is 11.9. The average Bonchev–Trinajstić information content (AvgIpc) is 3.22. The summed E-state index contributed by atoms with van der Waals surface area (Å²) in [6, 6.07) is 13.0. The number of halogens is 1. The number of hydrogen-bond acceptors (Lipinski definition) is 6. The van der Waals surface area contributed by atoms with Crippen LogP contribution in [0.25, 0.3) is 0 Å². The second-order valence-corrected chi connectivity index (χ2v) is 6.53. The molecule has 1 aromatic heterocycles. The van der Waals surface area contributed by atoms with Crippen molar-refractivity contribution in [1.29, 1.82) is 0 Å². The molecule has 0 spiro atoms. The maximum Gasteiger partial charge on any atom is 0.277 e. The molecule has 0 bridgehead atoms. The van der Waals surface area contributed by atoms with E-state index in [1.54, 1.807) is 41.8 Å². The van der Waals surface area contributed by atoms with Gasteiger partial charge in [-0.05, 0) is 60.1 Å². The van der Waals surface area contributed by atoms with Crippen LogP contribution in [0.5, 0.6) is 5.75 Å². The third-order valence-electron chi connectivity index (χ3n) is 3.45. The van der Waals surface area contributed by atoms with Crippen LogP contribution in [0.15, 0.2) is 53.9 Å². The van der Waals surface area contributed by atoms with E-state index in [2.05, 4.69) is 25.5 Å². The van der Waals surface area contributed by atoms with Gasteiger partial charge >= 0.3 is 0 Å². The second kappa shape index (κ2) is 9.72. The normalized spacial score (nSPS) is 10.2. The zero-order valence-electron chi connectivity index (χ0n) is 14.5. The summed E-state index contributed by atoms with van der Waals surface area (Å²) in [6.07, 6.45) is 0. The molecule has 144 valence electrons. The fraction of sp³-hybridized carbons (Fsp3) is 0.111. The fourth-order valence-corrected chi connectivity index (χ4v) is 2.82. The Kier molecular flexibility index (Phi) is 6.82. The van der Waals surface area contributed by atoms with E-state index in [-0.39, 0.29) is 17.4 Å². The molecule has 3 aromatic rings. The molecule has 0 aliphatic heterocycles. The number of nitrogens with zero attached hydrogens (tertiary/aromatic N) is 2. The molecular formula is C18H16FN5O2S2. The van der Waals surface area contributed by atoms with Crippen LogP contribution in [0.2, 0.25) is 0 Å². The van der Waals surface area contributed by atoms with Gasteiger partial charge in [0.05, 0.1) is 6.54 Å². The average molecular weight is 417 g/mol. The van der Waals surface area contributed by atoms with Crippen molar-refractivity contribution in [2.45, 2.75) is 0 Å². The lowest BCUT2D eigenvalue weighted by atomic mass is 10.2. The number of nitrogens with one attached hydrogen (secondary N) is 3. The van der Waals surface area contributed by atoms with Crippen molar-refractivity contribution in [1.82, 2.24) is 14.9 Å². The molecule has 0 unspecified atom stereocenters. The lowest BCUT2D eigenvalue weighted by molar-refractivity contribution is 0.102. The smallest absolute Gasteiger partial charge is 0.277 e. The lowest BCUT2D eigenvalue weighted by Gasteiger charge is -2.12. The van der Waals surface area contributed by atoms with Crippen molar-refractivity contribution >= 4 is 46.1 Å². The monoisotopic (exact) mass is 417 g/mol. The zero-order valence-corrected chi connectivity index (χ0v) is 16.1. The highest BCUT2D eigenvalue weighted by Crippen LogP contribution is 2.15. The van der Waals surface area contributed by atoms with Gasteiger partial charge in [-0.25, -0.2) is 4.39 Å². The molecule has 0 aliphatic carbocycles. The Morgan fingerprint density at radius 3 is 2.57 bits per heavy atom. The van der Waals surface area contributed by atoms with Gasteiger partial charge < -0.3 is 20.7 Å². The predicted octanol–water partition coefficient (Wildman–Crippen LogP) is 3.29. The number of aromatic nitrogens is 2. The lowest BCUT2D eigenvalue weighted by Crippen LogP contribution is -2.31. The van der Waals surface area contributed by atoms with Gasteiger partial charge in [0.1, 0.15) is 18.2 Å². The van der Waals surface area contributed by atoms with Crippen molar-refractivity contribution in [3.63, 3.8) is 0 Å². The van der Waals surface area contributed by atoms with Gasteiger partial charge in [-0.1, -0.05) is 10.6 Å². The van der Waals surface area contributed by atoms with E-state index in [9.17, 15) is 9.18 Å². The molecule has 1 amide bonds. The number of rotatable bonds is 7. The van der Waals surface area contributed by atoms with E-state index in [4.69, 9.17) is 17.0 Å². The van der Waals surface area contributed by atoms with Crippen LogP contribution in [-0.2, 0) is 0 Å². The van der Waals surface area contributed by atoms with E-state index in [0.717, 1.165) is 17.2 Å². The molecule has 3 N–H and O–H groups in total. The highest BCUT2D eigenvalue weighted by molar-refractivity contribution is 7.80. The second-order valence-electron chi connectivity index (χ2n) is 5.51. The van der Waals surface area contributed by atoms with Gasteiger partial charge in [-0.3, -0.25) is 4.79 Å². The number of benzene rings is 2. The third-order valence-corrected chi connectivity index (χ3v) is 4.20. The molecule has 2 aromatic carbocycles. The summed E-state index contributed by atoms with van der Waals surface area (Å²) in [5.41, 5.74) is 1.67. The summed E-state index contributed by atoms with van der Waals surface area (Å²) < 4.78 is 22.2. The van der Waals surface area contributed by atoms with Crippen LogP contribution in [0.3, 0.4) is 0 Å². The van der Waals surface area contributed by atoms with E-state index < -0.39 is 0 Å². The number of anilines is 2. The van der Waals surface area contributed by atoms with Crippen LogP contribution >= 0.6 is 23.8 Å². The molecule has 10 heteroatoms. The Bertz CT molecular complexity index is 935. The largest absolute Gasteiger partial charge is 0.492 e. The molecular weight excluding hydrogens is 401 g/mol. The molecule has 0 atom stereocenters. The number of thiocarbonyl (C=S) groups is 1. The van der Waals surface area contributed by atoms with Crippen molar-refractivity contribution < 1.29 is 13.9 Å². The van der Waals surface area contributed by atoms with Crippen molar-refractivity contribution in [3.8, 4) is 5.75 Å². The molecule has 0 radical (unpaired) electrons. The quantitative estimate of drug-likeness (QED) is 0.402. The summed E-state index contributed by atoms with van der Waals surface area (Å²) in [5.74, 6) is -0.192. The zero-order chi connectivity index (χ0) is 19.8. The van der Waals surface area contributed by atoms with E-state index in [1.807, 2.05) is 0 Å². The maximum absolute atomic E-state index is 13.1. The summed E-state index contributed by atoms with van der Waals surface area (Å²) >= 11 is 6.34. The van der Waals surface area contributed by atoms with E-state index in [0.29, 0.717) is 29.7 Å². The standard InChI is InChI=1S/C18H16FN5O2S2/c19-12-2-1-3-15(10-12)26-9-8-20-18(27)22-14-6-4-13(5-7-14)21-17(25)16-11-28-24-23-16/h1-7,10-11H,8-9H2,(H,21,25)(H2,20,22,27). The maximum atomic E-state index is 13.1. The molecule has 0 saturated carbocycles. The number of carbonyl (C=O) groups excluding carboxylic acids is 1. The predicted molar refractivity (Wildman–Crippen MR) is 110 cm³/mol. The molecule has 3 rings (SSSR count). The highest BCUT2D eigenvalue weighted by atomic mass is 32.1. The van der Waals surface area contributed by atoms with Crippen molar-refractivity contribution in [3.05, 3.63) is 65.4 Å². The molecule has 0 fully saturated rings. The van der Waals surface area contributed by atoms with Gasteiger partial charge in [0.2, 0.25) is 0 Å². The summed E-state index contributed by atoms with van der Waals surface area (Å²) in [6.45, 7) is 0.792. The summed E-state index contributed by atoms with van der Waals surface area (Å²) in [7, 11) is 0. The van der Waals surface area contributed by atoms with Gasteiger partial charge in [0, 0.05) is 22.8 Å². The van der Waals surface area contributed by atoms with Crippen molar-refractivity contribution in [2.24, 2.45) is 0 Å². The topological polar surface area (TPSA) is 88.2 Å². The Hall–Kier alpha value is -3.11. The minimum atomic E-state index is -0.342. The van der Waals surface area contributed by atoms with E-state index in [1.165, 1.54) is 12.1 Å². The number of carbonyl (C=O) groups is 1. The fourth-order valence-electron chi connectivity index (χ4n) is 2.16. The van der Waals surface area contributed by atoms with Crippen LogP contribution in [0.4, 0.5) is 15.8 Å². The van der Waals surface area contributed by atoms with Crippen LogP contribution in [-0.4, -0.2) is 33.8 Å². The Morgan fingerprint density at radius 2 is 1.89 bits per heavy atom. The number of ether oxygens (including phenoxy) is 1. The van der Waals surface area contributed by atoms with Crippen LogP contribution < -0.4 is 20.7 Å². The highest BCUT2D eigenvalue weighted by Gasteiger charge is 2.08. The Morgan fingerprint density at radius 1 is 1.14 bits per heavy atom. The third kappa shape index (κ3) is 5.96. The minimum Gasteiger partial charge on any atom is -0.492 e. The first-order valence-electron chi connectivity index (χ1n) is 8.22. The van der Waals surface area contributed by atoms with Crippen molar-refractivity contribution in [2.75, 3.05) is 23.8 Å². The van der Waals surface area contributed by atoms with Gasteiger partial charge in [-0.2, -0.15) is 0 Å². The van der Waals surface area contributed by atoms with Gasteiger partial charge in [-0.15, -0.1) is 5.10 Å². The molecule has 0 aliphatic rings. The SMILES string of the molecule is O=C(Nc1ccc(NC(=S)NCCOc2cccc(F)c2)cc1)c1csnn1. The summed E-state index contributed by atoms with van der Waals surface area (Å²) in [5, 5.41) is 14.5. The first-order chi connectivity index (χ1) is 13.6. The van der Waals surface area contributed by atoms with Crippen LogP contribution in [0.1, 0.15) is 10.5 Å². The van der Waals surface area contributed by atoms with Crippen LogP contribution in [0, 0.1) is 5.82 Å². The van der Waals surface area contributed by atoms with E-state index >= 15 is 0 Å². The Labute approximate surface area is 170 Å². The molecule has 0 saturated heterocycles. The minimum absolute atomic E-state index is 0.276. The molecule has 1 heterocycles. The van der Waals surface area contributed by atoms with Gasteiger partial charge in [0.25, 0.3) is 5.91 Å². The number of amides is 1. The Balaban J connectivity index is 1.39. The molecule has 7 nitrogen and oxygen atoms in total. The first kappa shape index (κ1) is 19.6. The number of hydrogen-bond donors (Lipinski definition) is 3. The first-order valence-corrected chi connectivity index (χ1v) is 9.46. The molecule has 28 heavy (non-hydrogen) atoms. The van der Waals surface area contributed by atoms with Gasteiger partial charge in [0.15, 0.2) is 10.8 Å².